The summed E-state index contributed by atoms with van der Waals surface area (Å²) >= 11 is 0. The maximum absolute atomic E-state index is 4.16. The molecule has 0 aliphatic rings. The predicted octanol–water partition coefficient (Wildman–Crippen LogP) is 2.27. The summed E-state index contributed by atoms with van der Waals surface area (Å²) in [5, 5.41) is 16.3. The van der Waals surface area contributed by atoms with Gasteiger partial charge in [0.15, 0.2) is 5.65 Å². The van der Waals surface area contributed by atoms with Gasteiger partial charge >= 0.3 is 0 Å². The summed E-state index contributed by atoms with van der Waals surface area (Å²) in [6, 6.07) is 10.1. The molecule has 0 aliphatic heterocycles. The van der Waals surface area contributed by atoms with Crippen LogP contribution in [0.25, 0.3) is 27.7 Å². The summed E-state index contributed by atoms with van der Waals surface area (Å²) < 4.78 is 1.91. The number of nitrogens with one attached hydrogen (secondary N) is 1. The molecule has 3 heterocycles. The minimum atomic E-state index is 0.847. The van der Waals surface area contributed by atoms with Crippen LogP contribution in [0.5, 0.6) is 0 Å². The second-order valence-corrected chi connectivity index (χ2v) is 4.12. The number of aromatic nitrogens is 5. The van der Waals surface area contributed by atoms with Crippen LogP contribution in [-0.4, -0.2) is 24.8 Å². The second kappa shape index (κ2) is 3.40. The van der Waals surface area contributed by atoms with Gasteiger partial charge in [-0.3, -0.25) is 9.50 Å². The van der Waals surface area contributed by atoms with Crippen LogP contribution in [-0.2, 0) is 0 Å². The molecule has 86 valence electrons. The molecule has 0 unspecified atom stereocenters. The van der Waals surface area contributed by atoms with E-state index in [1.54, 1.807) is 6.33 Å². The van der Waals surface area contributed by atoms with Crippen LogP contribution >= 0.6 is 0 Å². The standard InChI is InChI=1S/C13H9N5/c1-3-9-7-14-16-12(9)10(4-1)11-5-2-6-18-8-15-17-13(11)18/h1-8H,(H,14,16). The minimum absolute atomic E-state index is 0.847. The van der Waals surface area contributed by atoms with Crippen molar-refractivity contribution in [2.45, 2.75) is 0 Å². The Bertz CT molecular complexity index is 770. The number of pyridine rings is 1. The summed E-state index contributed by atoms with van der Waals surface area (Å²) in [5.41, 5.74) is 4.00. The van der Waals surface area contributed by atoms with E-state index in [2.05, 4.69) is 26.5 Å². The van der Waals surface area contributed by atoms with Crippen molar-refractivity contribution < 1.29 is 0 Å². The van der Waals surface area contributed by atoms with Crippen molar-refractivity contribution in [3.63, 3.8) is 0 Å². The number of H-pyrrole nitrogens is 1. The Kier molecular flexibility index (Phi) is 1.77. The molecule has 3 aromatic heterocycles. The van der Waals surface area contributed by atoms with Crippen LogP contribution < -0.4 is 0 Å². The number of fused-ring (bicyclic) bond motifs is 2. The maximum Gasteiger partial charge on any atom is 0.168 e. The summed E-state index contributed by atoms with van der Waals surface area (Å²) in [4.78, 5) is 0. The second-order valence-electron chi connectivity index (χ2n) is 4.12. The number of nitrogens with zero attached hydrogens (tertiary/aromatic N) is 4. The van der Waals surface area contributed by atoms with Crippen molar-refractivity contribution in [2.75, 3.05) is 0 Å². The van der Waals surface area contributed by atoms with Crippen LogP contribution in [0.2, 0.25) is 0 Å². The SMILES string of the molecule is c1cc(-c2cccn3cnnc23)c2[nH]ncc2c1. The fourth-order valence-electron chi connectivity index (χ4n) is 2.25. The van der Waals surface area contributed by atoms with E-state index in [1.807, 2.05) is 41.1 Å². The molecule has 0 radical (unpaired) electrons. The highest BCUT2D eigenvalue weighted by Crippen LogP contribution is 2.28. The summed E-state index contributed by atoms with van der Waals surface area (Å²) in [6.45, 7) is 0. The topological polar surface area (TPSA) is 58.9 Å². The minimum Gasteiger partial charge on any atom is -0.289 e. The molecule has 1 aromatic carbocycles. The van der Waals surface area contributed by atoms with Gasteiger partial charge in [0.1, 0.15) is 6.33 Å². The summed E-state index contributed by atoms with van der Waals surface area (Å²) in [5.74, 6) is 0. The highest BCUT2D eigenvalue weighted by molar-refractivity contribution is 5.96. The van der Waals surface area contributed by atoms with Crippen molar-refractivity contribution >= 4 is 16.6 Å². The molecule has 5 nitrogen and oxygen atoms in total. The number of hydrogen-bond donors (Lipinski definition) is 1. The average molecular weight is 235 g/mol. The van der Waals surface area contributed by atoms with Gasteiger partial charge in [-0.1, -0.05) is 18.2 Å². The van der Waals surface area contributed by atoms with Gasteiger partial charge in [0.2, 0.25) is 0 Å². The van der Waals surface area contributed by atoms with Gasteiger partial charge in [0, 0.05) is 22.7 Å². The first-order valence-electron chi connectivity index (χ1n) is 5.64. The molecule has 4 aromatic rings. The first-order valence-corrected chi connectivity index (χ1v) is 5.64. The lowest BCUT2D eigenvalue weighted by Gasteiger charge is -2.04. The van der Waals surface area contributed by atoms with Crippen LogP contribution in [0.4, 0.5) is 0 Å². The number of benzene rings is 1. The lowest BCUT2D eigenvalue weighted by atomic mass is 10.0. The third-order valence-corrected chi connectivity index (χ3v) is 3.09. The van der Waals surface area contributed by atoms with Crippen LogP contribution in [0.1, 0.15) is 0 Å². The lowest BCUT2D eigenvalue weighted by Crippen LogP contribution is -1.88. The van der Waals surface area contributed by atoms with E-state index in [1.165, 1.54) is 0 Å². The molecule has 0 spiro atoms. The third kappa shape index (κ3) is 1.18. The van der Waals surface area contributed by atoms with Crippen molar-refractivity contribution in [3.05, 3.63) is 49.1 Å². The average Bonchev–Trinajstić information content (AvgIpc) is 3.06. The molecular weight excluding hydrogens is 226 g/mol. The molecule has 0 fully saturated rings. The van der Waals surface area contributed by atoms with E-state index < -0.39 is 0 Å². The zero-order chi connectivity index (χ0) is 11.9. The van der Waals surface area contributed by atoms with E-state index >= 15 is 0 Å². The van der Waals surface area contributed by atoms with Crippen LogP contribution in [0.3, 0.4) is 0 Å². The van der Waals surface area contributed by atoms with Gasteiger partial charge < -0.3 is 0 Å². The Hall–Kier alpha value is -2.69. The number of aromatic amines is 1. The zero-order valence-corrected chi connectivity index (χ0v) is 9.41. The fourth-order valence-corrected chi connectivity index (χ4v) is 2.25. The van der Waals surface area contributed by atoms with E-state index in [-0.39, 0.29) is 0 Å². The molecule has 1 N–H and O–H groups in total. The fraction of sp³-hybridized carbons (Fsp3) is 0. The van der Waals surface area contributed by atoms with E-state index in [0.717, 1.165) is 27.7 Å². The van der Waals surface area contributed by atoms with Gasteiger partial charge in [0.05, 0.1) is 11.7 Å². The molecule has 18 heavy (non-hydrogen) atoms. The number of rotatable bonds is 1. The monoisotopic (exact) mass is 235 g/mol. The Morgan fingerprint density at radius 1 is 1.06 bits per heavy atom. The van der Waals surface area contributed by atoms with E-state index in [0.29, 0.717) is 0 Å². The normalized spacial score (nSPS) is 11.3. The molecular formula is C13H9N5. The molecule has 5 heteroatoms. The highest BCUT2D eigenvalue weighted by Gasteiger charge is 2.09. The molecule has 0 saturated carbocycles. The molecule has 0 bridgehead atoms. The van der Waals surface area contributed by atoms with Crippen LogP contribution in [0.15, 0.2) is 49.1 Å². The first kappa shape index (κ1) is 9.35. The largest absolute Gasteiger partial charge is 0.289 e. The Morgan fingerprint density at radius 3 is 3.00 bits per heavy atom. The third-order valence-electron chi connectivity index (χ3n) is 3.09. The van der Waals surface area contributed by atoms with Crippen molar-refractivity contribution in [1.29, 1.82) is 0 Å². The van der Waals surface area contributed by atoms with Gasteiger partial charge in [-0.05, 0) is 12.1 Å². The Morgan fingerprint density at radius 2 is 2.00 bits per heavy atom. The molecule has 4 rings (SSSR count). The molecule has 0 atom stereocenters. The van der Waals surface area contributed by atoms with Gasteiger partial charge in [-0.15, -0.1) is 10.2 Å². The van der Waals surface area contributed by atoms with Crippen molar-refractivity contribution in [3.8, 4) is 11.1 Å². The summed E-state index contributed by atoms with van der Waals surface area (Å²) in [6.07, 6.45) is 5.46. The summed E-state index contributed by atoms with van der Waals surface area (Å²) in [7, 11) is 0. The quantitative estimate of drug-likeness (QED) is 0.550. The molecule has 0 saturated heterocycles. The lowest BCUT2D eigenvalue weighted by molar-refractivity contribution is 1.10. The molecule has 0 aliphatic carbocycles. The van der Waals surface area contributed by atoms with Gasteiger partial charge in [0.25, 0.3) is 0 Å². The predicted molar refractivity (Wildman–Crippen MR) is 68.1 cm³/mol. The van der Waals surface area contributed by atoms with E-state index in [4.69, 9.17) is 0 Å². The van der Waals surface area contributed by atoms with Gasteiger partial charge in [-0.2, -0.15) is 5.10 Å². The van der Waals surface area contributed by atoms with E-state index in [9.17, 15) is 0 Å². The smallest absolute Gasteiger partial charge is 0.168 e. The Labute approximate surface area is 102 Å². The highest BCUT2D eigenvalue weighted by atomic mass is 15.2. The maximum atomic E-state index is 4.16. The van der Waals surface area contributed by atoms with Gasteiger partial charge in [-0.25, -0.2) is 0 Å². The number of hydrogen-bond acceptors (Lipinski definition) is 3. The van der Waals surface area contributed by atoms with Crippen molar-refractivity contribution in [2.24, 2.45) is 0 Å². The first-order chi connectivity index (χ1) is 8.93. The van der Waals surface area contributed by atoms with Crippen LogP contribution in [0, 0.1) is 0 Å². The zero-order valence-electron chi connectivity index (χ0n) is 9.41. The molecule has 0 amide bonds. The Balaban J connectivity index is 2.13. The number of para-hydroxylation sites is 1. The van der Waals surface area contributed by atoms with Crippen molar-refractivity contribution in [1.82, 2.24) is 24.8 Å².